The zero-order valence-electron chi connectivity index (χ0n) is 9.79. The summed E-state index contributed by atoms with van der Waals surface area (Å²) in [6, 6.07) is 0. The van der Waals surface area contributed by atoms with Crippen LogP contribution in [0.5, 0.6) is 0 Å². The second-order valence-corrected chi connectivity index (χ2v) is 4.20. The number of hydrogen-bond acceptors (Lipinski definition) is 8. The van der Waals surface area contributed by atoms with Gasteiger partial charge < -0.3 is 40.1 Å². The standard InChI is InChI=1S/C10H20O8/c11-2-1-5(13)4-17-10-9(16)8(15)7(14)6(3-12)18-10/h5-16H,1-4H2/t5-,6-,7-,8+,9-,10-/m1/s1. The van der Waals surface area contributed by atoms with Gasteiger partial charge in [0, 0.05) is 6.61 Å². The molecule has 18 heavy (non-hydrogen) atoms. The fourth-order valence-corrected chi connectivity index (χ4v) is 1.64. The van der Waals surface area contributed by atoms with Crippen LogP contribution in [0.2, 0.25) is 0 Å². The molecule has 1 aliphatic rings. The third-order valence-electron chi connectivity index (χ3n) is 2.76. The minimum Gasteiger partial charge on any atom is -0.396 e. The van der Waals surface area contributed by atoms with E-state index >= 15 is 0 Å². The summed E-state index contributed by atoms with van der Waals surface area (Å²) >= 11 is 0. The molecule has 1 fully saturated rings. The van der Waals surface area contributed by atoms with Gasteiger partial charge in [0.05, 0.1) is 19.3 Å². The zero-order valence-corrected chi connectivity index (χ0v) is 9.79. The Hall–Kier alpha value is -0.320. The Labute approximate surface area is 104 Å². The number of hydrogen-bond donors (Lipinski definition) is 6. The van der Waals surface area contributed by atoms with E-state index in [4.69, 9.17) is 19.7 Å². The summed E-state index contributed by atoms with van der Waals surface area (Å²) in [5.74, 6) is 0. The van der Waals surface area contributed by atoms with Gasteiger partial charge in [-0.15, -0.1) is 0 Å². The summed E-state index contributed by atoms with van der Waals surface area (Å²) in [7, 11) is 0. The normalized spacial score (nSPS) is 38.7. The molecule has 1 aliphatic heterocycles. The maximum absolute atomic E-state index is 9.59. The minimum absolute atomic E-state index is 0.109. The highest BCUT2D eigenvalue weighted by Crippen LogP contribution is 2.22. The molecule has 0 unspecified atom stereocenters. The zero-order chi connectivity index (χ0) is 13.7. The first-order chi connectivity index (χ1) is 8.51. The van der Waals surface area contributed by atoms with Gasteiger partial charge in [0.15, 0.2) is 6.29 Å². The Morgan fingerprint density at radius 3 is 2.28 bits per heavy atom. The summed E-state index contributed by atoms with van der Waals surface area (Å²) in [5, 5.41) is 55.4. The lowest BCUT2D eigenvalue weighted by Gasteiger charge is -2.39. The van der Waals surface area contributed by atoms with Crippen LogP contribution in [0.3, 0.4) is 0 Å². The monoisotopic (exact) mass is 268 g/mol. The summed E-state index contributed by atoms with van der Waals surface area (Å²) in [6.45, 7) is -0.952. The Morgan fingerprint density at radius 1 is 1.06 bits per heavy atom. The van der Waals surface area contributed by atoms with Crippen molar-refractivity contribution in [3.63, 3.8) is 0 Å². The average Bonchev–Trinajstić information content (AvgIpc) is 2.35. The van der Waals surface area contributed by atoms with E-state index in [1.54, 1.807) is 0 Å². The van der Waals surface area contributed by atoms with Gasteiger partial charge in [0.25, 0.3) is 0 Å². The molecule has 6 atom stereocenters. The quantitative estimate of drug-likeness (QED) is 0.292. The molecule has 0 aromatic heterocycles. The minimum atomic E-state index is -1.50. The Balaban J connectivity index is 2.49. The maximum atomic E-state index is 9.59. The lowest BCUT2D eigenvalue weighted by molar-refractivity contribution is -0.304. The summed E-state index contributed by atoms with van der Waals surface area (Å²) in [6.07, 6.45) is -7.54. The van der Waals surface area contributed by atoms with Crippen LogP contribution < -0.4 is 0 Å². The second kappa shape index (κ2) is 7.31. The van der Waals surface area contributed by atoms with Crippen molar-refractivity contribution in [2.45, 2.75) is 43.2 Å². The van der Waals surface area contributed by atoms with Crippen molar-refractivity contribution in [3.8, 4) is 0 Å². The second-order valence-electron chi connectivity index (χ2n) is 4.20. The molecule has 0 aromatic rings. The van der Waals surface area contributed by atoms with Gasteiger partial charge in [-0.25, -0.2) is 0 Å². The van der Waals surface area contributed by atoms with E-state index in [1.807, 2.05) is 0 Å². The van der Waals surface area contributed by atoms with Crippen LogP contribution in [-0.4, -0.2) is 87.3 Å². The van der Waals surface area contributed by atoms with Crippen LogP contribution in [-0.2, 0) is 9.47 Å². The first-order valence-electron chi connectivity index (χ1n) is 5.72. The van der Waals surface area contributed by atoms with Crippen molar-refractivity contribution in [1.82, 2.24) is 0 Å². The molecule has 0 saturated carbocycles. The molecule has 1 heterocycles. The van der Waals surface area contributed by atoms with Crippen LogP contribution >= 0.6 is 0 Å². The van der Waals surface area contributed by atoms with E-state index in [0.717, 1.165) is 0 Å². The van der Waals surface area contributed by atoms with Gasteiger partial charge in [-0.2, -0.15) is 0 Å². The molecular weight excluding hydrogens is 248 g/mol. The molecule has 0 amide bonds. The van der Waals surface area contributed by atoms with Crippen LogP contribution in [0.1, 0.15) is 6.42 Å². The first kappa shape index (κ1) is 15.7. The van der Waals surface area contributed by atoms with Gasteiger partial charge in [-0.05, 0) is 6.42 Å². The van der Waals surface area contributed by atoms with Crippen molar-refractivity contribution >= 4 is 0 Å². The third-order valence-corrected chi connectivity index (χ3v) is 2.76. The molecule has 0 spiro atoms. The molecule has 0 radical (unpaired) electrons. The first-order valence-corrected chi connectivity index (χ1v) is 5.72. The van der Waals surface area contributed by atoms with E-state index in [9.17, 15) is 20.4 Å². The number of aliphatic hydroxyl groups excluding tert-OH is 6. The van der Waals surface area contributed by atoms with Crippen LogP contribution in [0, 0.1) is 0 Å². The SMILES string of the molecule is OCC[C@@H](O)CO[C@@H]1O[C@H](CO)[C@@H](O)[C@H](O)[C@H]1O. The van der Waals surface area contributed by atoms with Crippen LogP contribution in [0.4, 0.5) is 0 Å². The molecule has 0 bridgehead atoms. The molecule has 1 rings (SSSR count). The van der Waals surface area contributed by atoms with E-state index in [2.05, 4.69) is 0 Å². The molecule has 1 saturated heterocycles. The van der Waals surface area contributed by atoms with E-state index < -0.39 is 43.4 Å². The highest BCUT2D eigenvalue weighted by molar-refractivity contribution is 4.88. The molecule has 6 N–H and O–H groups in total. The Morgan fingerprint density at radius 2 is 1.72 bits per heavy atom. The number of ether oxygens (including phenoxy) is 2. The summed E-state index contributed by atoms with van der Waals surface area (Å²) in [5.41, 5.74) is 0. The van der Waals surface area contributed by atoms with Gasteiger partial charge in [0.2, 0.25) is 0 Å². The van der Waals surface area contributed by atoms with Crippen molar-refractivity contribution < 1.29 is 40.1 Å². The number of aliphatic hydroxyl groups is 6. The molecule has 0 aromatic carbocycles. The van der Waals surface area contributed by atoms with Crippen molar-refractivity contribution in [1.29, 1.82) is 0 Å². The number of rotatable bonds is 6. The lowest BCUT2D eigenvalue weighted by atomic mass is 9.99. The highest BCUT2D eigenvalue weighted by Gasteiger charge is 2.44. The van der Waals surface area contributed by atoms with Crippen LogP contribution in [0.25, 0.3) is 0 Å². The van der Waals surface area contributed by atoms with Crippen LogP contribution in [0.15, 0.2) is 0 Å². The molecule has 108 valence electrons. The average molecular weight is 268 g/mol. The van der Waals surface area contributed by atoms with E-state index in [1.165, 1.54) is 0 Å². The molecule has 8 nitrogen and oxygen atoms in total. The fourth-order valence-electron chi connectivity index (χ4n) is 1.64. The largest absolute Gasteiger partial charge is 0.396 e. The van der Waals surface area contributed by atoms with Crippen molar-refractivity contribution in [3.05, 3.63) is 0 Å². The van der Waals surface area contributed by atoms with Crippen molar-refractivity contribution in [2.75, 3.05) is 19.8 Å². The Kier molecular flexibility index (Phi) is 6.39. The van der Waals surface area contributed by atoms with Gasteiger partial charge in [-0.3, -0.25) is 0 Å². The fraction of sp³-hybridized carbons (Fsp3) is 1.00. The smallest absolute Gasteiger partial charge is 0.186 e. The highest BCUT2D eigenvalue weighted by atomic mass is 16.7. The third kappa shape index (κ3) is 3.84. The predicted octanol–water partition coefficient (Wildman–Crippen LogP) is -3.45. The van der Waals surface area contributed by atoms with Gasteiger partial charge in [0.1, 0.15) is 24.4 Å². The molecule has 0 aliphatic carbocycles. The van der Waals surface area contributed by atoms with E-state index in [-0.39, 0.29) is 19.6 Å². The summed E-state index contributed by atoms with van der Waals surface area (Å²) < 4.78 is 10.1. The van der Waals surface area contributed by atoms with Crippen molar-refractivity contribution in [2.24, 2.45) is 0 Å². The molecular formula is C10H20O8. The maximum Gasteiger partial charge on any atom is 0.186 e. The lowest BCUT2D eigenvalue weighted by Crippen LogP contribution is -2.59. The Bertz CT molecular complexity index is 236. The molecule has 8 heteroatoms. The summed E-state index contributed by atoms with van der Waals surface area (Å²) in [4.78, 5) is 0. The predicted molar refractivity (Wildman–Crippen MR) is 57.4 cm³/mol. The van der Waals surface area contributed by atoms with Gasteiger partial charge in [-0.1, -0.05) is 0 Å². The van der Waals surface area contributed by atoms with E-state index in [0.29, 0.717) is 0 Å². The van der Waals surface area contributed by atoms with Gasteiger partial charge >= 0.3 is 0 Å². The topological polar surface area (TPSA) is 140 Å².